The van der Waals surface area contributed by atoms with Crippen molar-refractivity contribution in [2.24, 2.45) is 17.3 Å². The number of anilines is 1. The van der Waals surface area contributed by atoms with Crippen molar-refractivity contribution in [3.63, 3.8) is 0 Å². The molecule has 7 heteroatoms. The fraction of sp³-hybridized carbons (Fsp3) is 0.333. The number of hydrogen-bond acceptors (Lipinski definition) is 4. The molecule has 4 heterocycles. The highest BCUT2D eigenvalue weighted by Crippen LogP contribution is 2.54. The van der Waals surface area contributed by atoms with Gasteiger partial charge in [-0.25, -0.2) is 8.91 Å². The number of nitrogens with zero attached hydrogens (tertiary/aromatic N) is 5. The van der Waals surface area contributed by atoms with Crippen molar-refractivity contribution in [1.29, 1.82) is 5.26 Å². The Hall–Kier alpha value is -3.27. The smallest absolute Gasteiger partial charge is 0.248 e. The summed E-state index contributed by atoms with van der Waals surface area (Å²) < 4.78 is 15.8. The lowest BCUT2D eigenvalue weighted by atomic mass is 9.75. The zero-order valence-electron chi connectivity index (χ0n) is 15.3. The highest BCUT2D eigenvalue weighted by molar-refractivity contribution is 6.05. The van der Waals surface area contributed by atoms with E-state index in [2.05, 4.69) is 16.2 Å². The van der Waals surface area contributed by atoms with Crippen LogP contribution in [-0.4, -0.2) is 27.0 Å². The molecule has 3 aromatic rings. The molecule has 0 unspecified atom stereocenters. The van der Waals surface area contributed by atoms with Crippen LogP contribution in [0, 0.1) is 34.4 Å². The second kappa shape index (κ2) is 5.86. The molecule has 1 aliphatic heterocycles. The molecule has 0 radical (unpaired) electrons. The monoisotopic (exact) mass is 375 g/mol. The van der Waals surface area contributed by atoms with Crippen LogP contribution in [0.15, 0.2) is 42.9 Å². The minimum absolute atomic E-state index is 0.0478. The third-order valence-electron chi connectivity index (χ3n) is 6.05. The molecule has 140 valence electrons. The Morgan fingerprint density at radius 2 is 2.14 bits per heavy atom. The van der Waals surface area contributed by atoms with Crippen LogP contribution in [0.3, 0.4) is 0 Å². The molecule has 1 aliphatic carbocycles. The third-order valence-corrected chi connectivity index (χ3v) is 6.05. The average molecular weight is 375 g/mol. The summed E-state index contributed by atoms with van der Waals surface area (Å²) in [5, 5.41) is 14.2. The van der Waals surface area contributed by atoms with Crippen LogP contribution in [0.5, 0.6) is 0 Å². The number of aromatic nitrogens is 3. The van der Waals surface area contributed by atoms with Crippen molar-refractivity contribution in [3.05, 3.63) is 48.7 Å². The minimum atomic E-state index is -0.942. The molecule has 0 bridgehead atoms. The van der Waals surface area contributed by atoms with Gasteiger partial charge in [0.1, 0.15) is 16.9 Å². The van der Waals surface area contributed by atoms with Crippen molar-refractivity contribution < 1.29 is 9.18 Å². The molecule has 2 aliphatic rings. The number of pyridine rings is 1. The Bertz CT molecular complexity index is 1150. The maximum absolute atomic E-state index is 14.2. The number of fused-ring (bicyclic) bond motifs is 1. The van der Waals surface area contributed by atoms with Crippen molar-refractivity contribution in [3.8, 4) is 17.3 Å². The van der Waals surface area contributed by atoms with Crippen molar-refractivity contribution in [2.45, 2.75) is 19.8 Å². The van der Waals surface area contributed by atoms with E-state index in [1.165, 1.54) is 12.3 Å². The summed E-state index contributed by atoms with van der Waals surface area (Å²) in [5.41, 5.74) is 1.26. The van der Waals surface area contributed by atoms with Crippen molar-refractivity contribution in [1.82, 2.24) is 14.6 Å². The lowest BCUT2D eigenvalue weighted by Gasteiger charge is -2.23. The summed E-state index contributed by atoms with van der Waals surface area (Å²) >= 11 is 0. The summed E-state index contributed by atoms with van der Waals surface area (Å²) in [6.07, 6.45) is 6.71. The van der Waals surface area contributed by atoms with Gasteiger partial charge in [-0.15, -0.1) is 0 Å². The fourth-order valence-corrected chi connectivity index (χ4v) is 4.46. The van der Waals surface area contributed by atoms with Crippen LogP contribution in [0.2, 0.25) is 0 Å². The number of nitriles is 1. The molecule has 1 saturated heterocycles. The predicted octanol–water partition coefficient (Wildman–Crippen LogP) is 3.44. The van der Waals surface area contributed by atoms with E-state index in [0.717, 1.165) is 12.8 Å². The SMILES string of the molecule is C[C@@H]1CN(c2ccnn3cc(-c4ncccc4F)cc23)C(=O)[C@]1(C#N)C1CC1. The van der Waals surface area contributed by atoms with E-state index in [9.17, 15) is 14.4 Å². The van der Waals surface area contributed by atoms with Crippen LogP contribution in [0.1, 0.15) is 19.8 Å². The summed E-state index contributed by atoms with van der Waals surface area (Å²) in [6.45, 7) is 2.46. The quantitative estimate of drug-likeness (QED) is 0.703. The normalized spacial score (nSPS) is 24.7. The van der Waals surface area contributed by atoms with E-state index in [1.54, 1.807) is 40.0 Å². The maximum Gasteiger partial charge on any atom is 0.248 e. The summed E-state index contributed by atoms with van der Waals surface area (Å²) in [6, 6.07) is 8.82. The molecular weight excluding hydrogens is 357 g/mol. The number of carbonyl (C=O) groups is 1. The molecule has 0 spiro atoms. The summed E-state index contributed by atoms with van der Waals surface area (Å²) in [5.74, 6) is -0.450. The van der Waals surface area contributed by atoms with Crippen LogP contribution in [0.4, 0.5) is 10.1 Å². The second-order valence-electron chi connectivity index (χ2n) is 7.68. The van der Waals surface area contributed by atoms with Gasteiger partial charge in [-0.1, -0.05) is 6.92 Å². The zero-order chi connectivity index (χ0) is 19.5. The number of amides is 1. The molecule has 1 saturated carbocycles. The van der Waals surface area contributed by atoms with Gasteiger partial charge in [-0.3, -0.25) is 9.78 Å². The molecule has 0 aromatic carbocycles. The van der Waals surface area contributed by atoms with E-state index >= 15 is 0 Å². The van der Waals surface area contributed by atoms with Gasteiger partial charge in [0.15, 0.2) is 0 Å². The second-order valence-corrected chi connectivity index (χ2v) is 7.68. The molecule has 2 atom stereocenters. The van der Waals surface area contributed by atoms with Crippen molar-refractivity contribution in [2.75, 3.05) is 11.4 Å². The standard InChI is InChI=1S/C21H18FN5O/c1-13-10-26(20(28)21(13,12-23)15-4-5-15)17-6-8-25-27-11-14(9-18(17)27)19-16(22)3-2-7-24-19/h2-3,6-9,11,13,15H,4-5,10H2,1H3/t13-,21+/m1/s1. The number of rotatable bonds is 3. The van der Waals surface area contributed by atoms with E-state index in [1.807, 2.05) is 6.92 Å². The van der Waals surface area contributed by atoms with Gasteiger partial charge in [0.2, 0.25) is 5.91 Å². The van der Waals surface area contributed by atoms with Crippen LogP contribution < -0.4 is 4.90 Å². The number of carbonyl (C=O) groups excluding carboxylic acids is 1. The topological polar surface area (TPSA) is 74.3 Å². The van der Waals surface area contributed by atoms with Crippen molar-refractivity contribution >= 4 is 17.1 Å². The first-order chi connectivity index (χ1) is 13.6. The Morgan fingerprint density at radius 3 is 2.86 bits per heavy atom. The molecule has 28 heavy (non-hydrogen) atoms. The molecule has 1 amide bonds. The van der Waals surface area contributed by atoms with Crippen LogP contribution >= 0.6 is 0 Å². The zero-order valence-corrected chi connectivity index (χ0v) is 15.3. The van der Waals surface area contributed by atoms with E-state index in [-0.39, 0.29) is 23.4 Å². The van der Waals surface area contributed by atoms with Gasteiger partial charge in [0.25, 0.3) is 0 Å². The van der Waals surface area contributed by atoms with Gasteiger partial charge in [-0.05, 0) is 43.0 Å². The number of hydrogen-bond donors (Lipinski definition) is 0. The number of halogens is 1. The van der Waals surface area contributed by atoms with Gasteiger partial charge in [0, 0.05) is 36.6 Å². The Morgan fingerprint density at radius 1 is 1.32 bits per heavy atom. The molecular formula is C21H18FN5O. The Kier molecular flexibility index (Phi) is 3.53. The molecule has 0 N–H and O–H groups in total. The van der Waals surface area contributed by atoms with E-state index < -0.39 is 11.2 Å². The lowest BCUT2D eigenvalue weighted by Crippen LogP contribution is -2.37. The fourth-order valence-electron chi connectivity index (χ4n) is 4.46. The first kappa shape index (κ1) is 16.9. The van der Waals surface area contributed by atoms with Gasteiger partial charge in [0.05, 0.1) is 17.3 Å². The van der Waals surface area contributed by atoms with Crippen LogP contribution in [0.25, 0.3) is 16.8 Å². The minimum Gasteiger partial charge on any atom is -0.309 e. The summed E-state index contributed by atoms with van der Waals surface area (Å²) in [4.78, 5) is 19.1. The largest absolute Gasteiger partial charge is 0.309 e. The predicted molar refractivity (Wildman–Crippen MR) is 101 cm³/mol. The highest BCUT2D eigenvalue weighted by Gasteiger charge is 2.61. The average Bonchev–Trinajstić information content (AvgIpc) is 3.39. The lowest BCUT2D eigenvalue weighted by molar-refractivity contribution is -0.124. The van der Waals surface area contributed by atoms with Gasteiger partial charge < -0.3 is 4.90 Å². The molecule has 6 nitrogen and oxygen atoms in total. The third kappa shape index (κ3) is 2.21. The van der Waals surface area contributed by atoms with Gasteiger partial charge >= 0.3 is 0 Å². The Labute approximate surface area is 161 Å². The maximum atomic E-state index is 14.2. The first-order valence-corrected chi connectivity index (χ1v) is 9.37. The molecule has 2 fully saturated rings. The molecule has 5 rings (SSSR count). The van der Waals surface area contributed by atoms with E-state index in [4.69, 9.17) is 0 Å². The Balaban J connectivity index is 1.62. The highest BCUT2D eigenvalue weighted by atomic mass is 19.1. The first-order valence-electron chi connectivity index (χ1n) is 9.37. The summed E-state index contributed by atoms with van der Waals surface area (Å²) in [7, 11) is 0. The van der Waals surface area contributed by atoms with Gasteiger partial charge in [-0.2, -0.15) is 10.4 Å². The molecule has 3 aromatic heterocycles. The van der Waals surface area contributed by atoms with E-state index in [0.29, 0.717) is 23.3 Å². The van der Waals surface area contributed by atoms with Crippen LogP contribution in [-0.2, 0) is 4.79 Å².